The Morgan fingerprint density at radius 2 is 2.11 bits per heavy atom. The second kappa shape index (κ2) is 5.18. The van der Waals surface area contributed by atoms with Crippen LogP contribution in [0, 0.1) is 6.92 Å². The summed E-state index contributed by atoms with van der Waals surface area (Å²) in [6, 6.07) is 6.87. The molecule has 1 aromatic heterocycles. The number of amides is 1. The van der Waals surface area contributed by atoms with E-state index in [1.54, 1.807) is 6.07 Å². The van der Waals surface area contributed by atoms with E-state index >= 15 is 0 Å². The summed E-state index contributed by atoms with van der Waals surface area (Å²) in [5, 5.41) is 2.69. The number of aromatic amines is 1. The van der Waals surface area contributed by atoms with E-state index in [1.807, 2.05) is 19.1 Å². The Kier molecular flexibility index (Phi) is 3.62. The molecule has 0 saturated carbocycles. The number of carbonyl (C=O) groups excluding carboxylic acids is 1. The Labute approximate surface area is 112 Å². The molecule has 0 radical (unpaired) electrons. The summed E-state index contributed by atoms with van der Waals surface area (Å²) < 4.78 is 0.875. The van der Waals surface area contributed by atoms with Crippen molar-refractivity contribution in [1.29, 1.82) is 0 Å². The van der Waals surface area contributed by atoms with Crippen LogP contribution >= 0.6 is 15.9 Å². The number of rotatable bonds is 2. The number of hydrogen-bond donors (Lipinski definition) is 2. The predicted octanol–water partition coefficient (Wildman–Crippen LogP) is 2.70. The van der Waals surface area contributed by atoms with Crippen LogP contribution in [0.5, 0.6) is 0 Å². The second-order valence-corrected chi connectivity index (χ2v) is 4.81. The Morgan fingerprint density at radius 1 is 1.33 bits per heavy atom. The molecule has 1 amide bonds. The maximum absolute atomic E-state index is 11.9. The standard InChI is InChI=1S/C13H11BrN2O2/c1-8-4-9(14)6-10(5-8)16-13(18)11-7-15-3-2-12(11)17/h2-7H,1H3,(H,15,17)(H,16,18). The van der Waals surface area contributed by atoms with E-state index in [0.29, 0.717) is 5.69 Å². The molecule has 0 saturated heterocycles. The van der Waals surface area contributed by atoms with Gasteiger partial charge in [-0.15, -0.1) is 0 Å². The highest BCUT2D eigenvalue weighted by atomic mass is 79.9. The number of H-pyrrole nitrogens is 1. The molecule has 0 aliphatic carbocycles. The van der Waals surface area contributed by atoms with E-state index in [-0.39, 0.29) is 11.0 Å². The van der Waals surface area contributed by atoms with Crippen molar-refractivity contribution >= 4 is 27.5 Å². The molecule has 4 nitrogen and oxygen atoms in total. The van der Waals surface area contributed by atoms with Crippen LogP contribution in [-0.2, 0) is 0 Å². The fourth-order valence-corrected chi connectivity index (χ4v) is 2.21. The first kappa shape index (κ1) is 12.6. The smallest absolute Gasteiger partial charge is 0.261 e. The van der Waals surface area contributed by atoms with Crippen LogP contribution < -0.4 is 10.7 Å². The number of aromatic nitrogens is 1. The van der Waals surface area contributed by atoms with Gasteiger partial charge in [0.2, 0.25) is 0 Å². The Morgan fingerprint density at radius 3 is 2.78 bits per heavy atom. The van der Waals surface area contributed by atoms with Gasteiger partial charge < -0.3 is 10.3 Å². The fraction of sp³-hybridized carbons (Fsp3) is 0.0769. The summed E-state index contributed by atoms with van der Waals surface area (Å²) in [6.45, 7) is 1.93. The summed E-state index contributed by atoms with van der Waals surface area (Å²) >= 11 is 3.35. The van der Waals surface area contributed by atoms with Crippen molar-refractivity contribution < 1.29 is 4.79 Å². The van der Waals surface area contributed by atoms with Gasteiger partial charge in [-0.3, -0.25) is 9.59 Å². The number of halogens is 1. The lowest BCUT2D eigenvalue weighted by molar-refractivity contribution is 0.102. The Hall–Kier alpha value is -1.88. The van der Waals surface area contributed by atoms with Crippen molar-refractivity contribution in [3.8, 4) is 0 Å². The zero-order valence-electron chi connectivity index (χ0n) is 9.66. The molecule has 2 aromatic rings. The van der Waals surface area contributed by atoms with E-state index in [0.717, 1.165) is 10.0 Å². The van der Waals surface area contributed by atoms with E-state index in [4.69, 9.17) is 0 Å². The molecular weight excluding hydrogens is 296 g/mol. The molecule has 1 aromatic carbocycles. The lowest BCUT2D eigenvalue weighted by Crippen LogP contribution is -2.20. The Bertz CT molecular complexity index is 629. The second-order valence-electron chi connectivity index (χ2n) is 3.89. The number of anilines is 1. The first-order valence-electron chi connectivity index (χ1n) is 5.32. The maximum Gasteiger partial charge on any atom is 0.261 e. The van der Waals surface area contributed by atoms with Gasteiger partial charge in [-0.05, 0) is 30.7 Å². The van der Waals surface area contributed by atoms with Gasteiger partial charge in [0.25, 0.3) is 5.91 Å². The van der Waals surface area contributed by atoms with Crippen LogP contribution in [0.25, 0.3) is 0 Å². The maximum atomic E-state index is 11.9. The highest BCUT2D eigenvalue weighted by molar-refractivity contribution is 9.10. The number of carbonyl (C=O) groups is 1. The fourth-order valence-electron chi connectivity index (χ4n) is 1.60. The highest BCUT2D eigenvalue weighted by Gasteiger charge is 2.10. The lowest BCUT2D eigenvalue weighted by atomic mass is 10.2. The van der Waals surface area contributed by atoms with E-state index < -0.39 is 5.91 Å². The summed E-state index contributed by atoms with van der Waals surface area (Å²) in [5.41, 5.74) is 1.45. The van der Waals surface area contributed by atoms with Crippen LogP contribution in [0.4, 0.5) is 5.69 Å². The molecule has 0 aliphatic heterocycles. The number of pyridine rings is 1. The molecule has 0 spiro atoms. The first-order chi connectivity index (χ1) is 8.56. The molecule has 0 bridgehead atoms. The van der Waals surface area contributed by atoms with Crippen molar-refractivity contribution in [1.82, 2.24) is 4.98 Å². The van der Waals surface area contributed by atoms with Crippen molar-refractivity contribution in [3.63, 3.8) is 0 Å². The predicted molar refractivity (Wildman–Crippen MR) is 73.9 cm³/mol. The van der Waals surface area contributed by atoms with Crippen molar-refractivity contribution in [2.75, 3.05) is 5.32 Å². The van der Waals surface area contributed by atoms with Gasteiger partial charge in [-0.25, -0.2) is 0 Å². The van der Waals surface area contributed by atoms with Gasteiger partial charge in [-0.1, -0.05) is 15.9 Å². The molecule has 2 rings (SSSR count). The van der Waals surface area contributed by atoms with E-state index in [1.165, 1.54) is 18.5 Å². The largest absolute Gasteiger partial charge is 0.367 e. The molecule has 0 atom stereocenters. The van der Waals surface area contributed by atoms with E-state index in [2.05, 4.69) is 26.2 Å². The third-order valence-corrected chi connectivity index (χ3v) is 2.83. The van der Waals surface area contributed by atoms with Gasteiger partial charge in [0, 0.05) is 28.6 Å². The molecule has 18 heavy (non-hydrogen) atoms. The minimum Gasteiger partial charge on any atom is -0.367 e. The Balaban J connectivity index is 2.27. The first-order valence-corrected chi connectivity index (χ1v) is 6.11. The van der Waals surface area contributed by atoms with E-state index in [9.17, 15) is 9.59 Å². The van der Waals surface area contributed by atoms with Crippen molar-refractivity contribution in [3.05, 3.63) is 62.5 Å². The number of nitrogens with one attached hydrogen (secondary N) is 2. The van der Waals surface area contributed by atoms with Gasteiger partial charge in [0.1, 0.15) is 5.56 Å². The van der Waals surface area contributed by atoms with Crippen LogP contribution in [0.2, 0.25) is 0 Å². The van der Waals surface area contributed by atoms with Crippen LogP contribution in [0.1, 0.15) is 15.9 Å². The molecule has 0 fully saturated rings. The zero-order valence-corrected chi connectivity index (χ0v) is 11.2. The van der Waals surface area contributed by atoms with Gasteiger partial charge in [0.05, 0.1) is 0 Å². The van der Waals surface area contributed by atoms with Gasteiger partial charge >= 0.3 is 0 Å². The number of aryl methyl sites for hydroxylation is 1. The van der Waals surface area contributed by atoms with Crippen LogP contribution in [0.15, 0.2) is 45.9 Å². The summed E-state index contributed by atoms with van der Waals surface area (Å²) in [6.07, 6.45) is 2.88. The third kappa shape index (κ3) is 2.87. The summed E-state index contributed by atoms with van der Waals surface area (Å²) in [5.74, 6) is -0.422. The SMILES string of the molecule is Cc1cc(Br)cc(NC(=O)c2c[nH]ccc2=O)c1. The van der Waals surface area contributed by atoms with Crippen LogP contribution in [0.3, 0.4) is 0 Å². The average molecular weight is 307 g/mol. The monoisotopic (exact) mass is 306 g/mol. The van der Waals surface area contributed by atoms with Crippen molar-refractivity contribution in [2.24, 2.45) is 0 Å². The van der Waals surface area contributed by atoms with Gasteiger partial charge in [0.15, 0.2) is 5.43 Å². The van der Waals surface area contributed by atoms with Crippen molar-refractivity contribution in [2.45, 2.75) is 6.92 Å². The van der Waals surface area contributed by atoms with Crippen LogP contribution in [-0.4, -0.2) is 10.9 Å². The molecular formula is C13H11BrN2O2. The minimum atomic E-state index is -0.422. The molecule has 2 N–H and O–H groups in total. The molecule has 0 aliphatic rings. The number of hydrogen-bond acceptors (Lipinski definition) is 2. The molecule has 5 heteroatoms. The quantitative estimate of drug-likeness (QED) is 0.896. The number of benzene rings is 1. The summed E-state index contributed by atoms with van der Waals surface area (Å²) in [4.78, 5) is 26.1. The highest BCUT2D eigenvalue weighted by Crippen LogP contribution is 2.19. The average Bonchev–Trinajstić information content (AvgIpc) is 2.27. The molecule has 0 unspecified atom stereocenters. The third-order valence-electron chi connectivity index (χ3n) is 2.37. The topological polar surface area (TPSA) is 62.0 Å². The minimum absolute atomic E-state index is 0.0927. The lowest BCUT2D eigenvalue weighted by Gasteiger charge is -2.06. The normalized spacial score (nSPS) is 10.1. The molecule has 92 valence electrons. The zero-order chi connectivity index (χ0) is 13.1. The molecule has 1 heterocycles. The summed E-state index contributed by atoms with van der Waals surface area (Å²) in [7, 11) is 0. The van der Waals surface area contributed by atoms with Gasteiger partial charge in [-0.2, -0.15) is 0 Å².